The Kier molecular flexibility index (Phi) is 5.13. The Morgan fingerprint density at radius 3 is 2.12 bits per heavy atom. The monoisotopic (exact) mass is 346 g/mol. The summed E-state index contributed by atoms with van der Waals surface area (Å²) in [5, 5.41) is 1.96. The molecular weight excluding hydrogens is 316 g/mol. The SMILES string of the molecule is CC(ON(C(C)(C)C)C(C)(C)c1ccccc1)C1=NC(C)(C)C(=O)O1. The summed E-state index contributed by atoms with van der Waals surface area (Å²) in [6.07, 6.45) is -0.465. The number of carbonyl (C=O) groups is 1. The van der Waals surface area contributed by atoms with Gasteiger partial charge < -0.3 is 4.74 Å². The molecule has 0 amide bonds. The number of nitrogens with zero attached hydrogens (tertiary/aromatic N) is 2. The van der Waals surface area contributed by atoms with Crippen LogP contribution in [0.25, 0.3) is 0 Å². The van der Waals surface area contributed by atoms with E-state index in [0.717, 1.165) is 5.56 Å². The van der Waals surface area contributed by atoms with Crippen molar-refractivity contribution in [3.8, 4) is 0 Å². The summed E-state index contributed by atoms with van der Waals surface area (Å²) in [5.41, 5.74) is -0.365. The van der Waals surface area contributed by atoms with Crippen molar-refractivity contribution in [2.24, 2.45) is 4.99 Å². The highest BCUT2D eigenvalue weighted by Gasteiger charge is 2.43. The number of hydrogen-bond acceptors (Lipinski definition) is 5. The van der Waals surface area contributed by atoms with E-state index in [1.807, 2.05) is 30.2 Å². The summed E-state index contributed by atoms with van der Waals surface area (Å²) < 4.78 is 5.33. The average Bonchev–Trinajstić information content (AvgIpc) is 2.78. The van der Waals surface area contributed by atoms with E-state index in [9.17, 15) is 4.79 Å². The van der Waals surface area contributed by atoms with Gasteiger partial charge in [-0.1, -0.05) is 30.3 Å². The molecule has 0 aromatic heterocycles. The Balaban J connectivity index is 2.30. The van der Waals surface area contributed by atoms with Gasteiger partial charge in [0.15, 0.2) is 11.6 Å². The highest BCUT2D eigenvalue weighted by atomic mass is 16.7. The molecular formula is C20H30N2O3. The third-order valence-corrected chi connectivity index (χ3v) is 4.30. The minimum Gasteiger partial charge on any atom is -0.407 e. The number of rotatable bonds is 5. The van der Waals surface area contributed by atoms with E-state index in [0.29, 0.717) is 5.90 Å². The minimum atomic E-state index is -0.853. The van der Waals surface area contributed by atoms with E-state index in [4.69, 9.17) is 9.57 Å². The Labute approximate surface area is 151 Å². The van der Waals surface area contributed by atoms with Gasteiger partial charge in [-0.3, -0.25) is 4.84 Å². The number of esters is 1. The fourth-order valence-electron chi connectivity index (χ4n) is 3.03. The maximum Gasteiger partial charge on any atom is 0.340 e. The van der Waals surface area contributed by atoms with E-state index >= 15 is 0 Å². The van der Waals surface area contributed by atoms with Gasteiger partial charge in [-0.05, 0) is 61.0 Å². The van der Waals surface area contributed by atoms with Crippen molar-refractivity contribution >= 4 is 11.9 Å². The van der Waals surface area contributed by atoms with E-state index in [-0.39, 0.29) is 17.0 Å². The minimum absolute atomic E-state index is 0.272. The fourth-order valence-corrected chi connectivity index (χ4v) is 3.03. The largest absolute Gasteiger partial charge is 0.407 e. The molecule has 0 fully saturated rings. The van der Waals surface area contributed by atoms with E-state index < -0.39 is 11.6 Å². The molecule has 1 aromatic carbocycles. The van der Waals surface area contributed by atoms with Crippen LogP contribution in [0.4, 0.5) is 0 Å². The molecule has 0 bridgehead atoms. The topological polar surface area (TPSA) is 51.1 Å². The third kappa shape index (κ3) is 4.10. The van der Waals surface area contributed by atoms with Gasteiger partial charge in [0, 0.05) is 5.54 Å². The van der Waals surface area contributed by atoms with Crippen molar-refractivity contribution in [1.29, 1.82) is 0 Å². The van der Waals surface area contributed by atoms with Crippen LogP contribution in [0.1, 0.15) is 61.0 Å². The summed E-state index contributed by atoms with van der Waals surface area (Å²) in [5.74, 6) is -0.0179. The molecule has 1 aliphatic rings. The first-order valence-corrected chi connectivity index (χ1v) is 8.70. The van der Waals surface area contributed by atoms with Crippen molar-refractivity contribution in [1.82, 2.24) is 5.06 Å². The lowest BCUT2D eigenvalue weighted by atomic mass is 9.90. The van der Waals surface area contributed by atoms with Crippen LogP contribution in [0.5, 0.6) is 0 Å². The van der Waals surface area contributed by atoms with Crippen LogP contribution in [0.2, 0.25) is 0 Å². The Bertz CT molecular complexity index is 657. The lowest BCUT2D eigenvalue weighted by Crippen LogP contribution is -2.54. The van der Waals surface area contributed by atoms with Crippen LogP contribution < -0.4 is 0 Å². The van der Waals surface area contributed by atoms with Gasteiger partial charge in [0.25, 0.3) is 0 Å². The average molecular weight is 346 g/mol. The smallest absolute Gasteiger partial charge is 0.340 e. The van der Waals surface area contributed by atoms with Crippen LogP contribution in [-0.4, -0.2) is 34.1 Å². The van der Waals surface area contributed by atoms with Crippen LogP contribution in [0.15, 0.2) is 35.3 Å². The van der Waals surface area contributed by atoms with Crippen LogP contribution >= 0.6 is 0 Å². The Hall–Kier alpha value is -1.72. The van der Waals surface area contributed by atoms with Crippen molar-refractivity contribution < 1.29 is 14.4 Å². The van der Waals surface area contributed by atoms with Crippen molar-refractivity contribution in [2.45, 2.75) is 78.1 Å². The molecule has 0 saturated carbocycles. The van der Waals surface area contributed by atoms with Crippen molar-refractivity contribution in [3.63, 3.8) is 0 Å². The molecule has 1 aliphatic heterocycles. The highest BCUT2D eigenvalue weighted by Crippen LogP contribution is 2.35. The molecule has 0 aliphatic carbocycles. The van der Waals surface area contributed by atoms with Gasteiger partial charge in [-0.15, -0.1) is 0 Å². The summed E-state index contributed by atoms with van der Waals surface area (Å²) in [6, 6.07) is 10.2. The third-order valence-electron chi connectivity index (χ3n) is 4.30. The molecule has 0 spiro atoms. The standard InChI is InChI=1S/C20H30N2O3/c1-14(16-21-19(5,6)17(23)24-16)25-22(18(2,3)4)20(7,8)15-12-10-9-11-13-15/h9-14H,1-8H3. The van der Waals surface area contributed by atoms with E-state index in [2.05, 4.69) is 51.7 Å². The quantitative estimate of drug-likeness (QED) is 0.595. The zero-order chi connectivity index (χ0) is 19.0. The second-order valence-electron chi connectivity index (χ2n) is 8.54. The van der Waals surface area contributed by atoms with Crippen LogP contribution in [0.3, 0.4) is 0 Å². The Morgan fingerprint density at radius 1 is 1.12 bits per heavy atom. The maximum atomic E-state index is 11.9. The van der Waals surface area contributed by atoms with Gasteiger partial charge in [-0.25, -0.2) is 9.79 Å². The number of hydrogen-bond donors (Lipinski definition) is 0. The first-order chi connectivity index (χ1) is 11.4. The lowest BCUT2D eigenvalue weighted by molar-refractivity contribution is -0.277. The normalized spacial score (nSPS) is 18.9. The maximum absolute atomic E-state index is 11.9. The number of ether oxygens (including phenoxy) is 1. The summed E-state index contributed by atoms with van der Waals surface area (Å²) in [7, 11) is 0. The van der Waals surface area contributed by atoms with Crippen molar-refractivity contribution in [3.05, 3.63) is 35.9 Å². The predicted octanol–water partition coefficient (Wildman–Crippen LogP) is 4.08. The molecule has 2 rings (SSSR count). The molecule has 0 radical (unpaired) electrons. The molecule has 5 nitrogen and oxygen atoms in total. The van der Waals surface area contributed by atoms with Crippen molar-refractivity contribution in [2.75, 3.05) is 0 Å². The predicted molar refractivity (Wildman–Crippen MR) is 99.2 cm³/mol. The van der Waals surface area contributed by atoms with Crippen LogP contribution in [0, 0.1) is 0 Å². The molecule has 0 saturated heterocycles. The molecule has 1 aromatic rings. The molecule has 0 N–H and O–H groups in total. The second kappa shape index (κ2) is 6.54. The van der Waals surface area contributed by atoms with Crippen LogP contribution in [-0.2, 0) is 19.9 Å². The first kappa shape index (κ1) is 19.6. The number of aliphatic imine (C=N–C) groups is 1. The summed E-state index contributed by atoms with van der Waals surface area (Å²) >= 11 is 0. The molecule has 25 heavy (non-hydrogen) atoms. The summed E-state index contributed by atoms with van der Waals surface area (Å²) in [4.78, 5) is 22.6. The molecule has 5 heteroatoms. The first-order valence-electron chi connectivity index (χ1n) is 8.70. The second-order valence-corrected chi connectivity index (χ2v) is 8.54. The van der Waals surface area contributed by atoms with Gasteiger partial charge >= 0.3 is 5.97 Å². The van der Waals surface area contributed by atoms with Gasteiger partial charge in [0.1, 0.15) is 0 Å². The molecule has 1 heterocycles. The Morgan fingerprint density at radius 2 is 1.68 bits per heavy atom. The number of cyclic esters (lactones) is 1. The zero-order valence-electron chi connectivity index (χ0n) is 16.6. The molecule has 138 valence electrons. The fraction of sp³-hybridized carbons (Fsp3) is 0.600. The van der Waals surface area contributed by atoms with Gasteiger partial charge in [0.2, 0.25) is 5.90 Å². The summed E-state index contributed by atoms with van der Waals surface area (Å²) in [6.45, 7) is 15.9. The van der Waals surface area contributed by atoms with E-state index in [1.165, 1.54) is 0 Å². The number of hydroxylamine groups is 2. The molecule has 1 unspecified atom stereocenters. The molecule has 1 atom stereocenters. The van der Waals surface area contributed by atoms with Gasteiger partial charge in [0.05, 0.1) is 5.54 Å². The van der Waals surface area contributed by atoms with Gasteiger partial charge in [-0.2, -0.15) is 5.06 Å². The highest BCUT2D eigenvalue weighted by molar-refractivity contribution is 6.01. The van der Waals surface area contributed by atoms with E-state index in [1.54, 1.807) is 13.8 Å². The number of carbonyl (C=O) groups excluding carboxylic acids is 1. The zero-order valence-corrected chi connectivity index (χ0v) is 16.6. The number of benzene rings is 1. The lowest BCUT2D eigenvalue weighted by Gasteiger charge is -2.46.